The zero-order valence-electron chi connectivity index (χ0n) is 29.9. The van der Waals surface area contributed by atoms with Crippen molar-refractivity contribution >= 4 is 11.9 Å². The van der Waals surface area contributed by atoms with E-state index in [4.69, 9.17) is 47.4 Å². The van der Waals surface area contributed by atoms with Gasteiger partial charge in [0.1, 0.15) is 13.2 Å². The fraction of sp³-hybridized carbons (Fsp3) is 0.778. The Labute approximate surface area is 288 Å². The summed E-state index contributed by atoms with van der Waals surface area (Å²) in [6, 6.07) is 6.36. The molecule has 0 aromatic heterocycles. The molecule has 0 radical (unpaired) electrons. The zero-order valence-corrected chi connectivity index (χ0v) is 29.9. The minimum absolute atomic E-state index is 0.0179. The Kier molecular flexibility index (Phi) is 29.3. The molecule has 0 saturated carbocycles. The summed E-state index contributed by atoms with van der Waals surface area (Å²) in [5.74, 6) is -1.28. The SMILES string of the molecule is CCCCOCC(OCCCC)OCCOCCOC(=O)c1ccccc1C(=O)OCCOCCOC(COCCCC)OCCCC. The van der Waals surface area contributed by atoms with Gasteiger partial charge in [0.15, 0.2) is 12.6 Å². The van der Waals surface area contributed by atoms with E-state index < -0.39 is 24.5 Å². The van der Waals surface area contributed by atoms with Crippen LogP contribution in [-0.2, 0) is 47.4 Å². The number of unbranched alkanes of at least 4 members (excludes halogenated alkanes) is 4. The van der Waals surface area contributed by atoms with E-state index in [-0.39, 0.29) is 37.6 Å². The first-order valence-corrected chi connectivity index (χ1v) is 17.8. The summed E-state index contributed by atoms with van der Waals surface area (Å²) in [7, 11) is 0. The second kappa shape index (κ2) is 32.1. The van der Waals surface area contributed by atoms with E-state index in [1.165, 1.54) is 12.1 Å². The lowest BCUT2D eigenvalue weighted by atomic mass is 10.1. The van der Waals surface area contributed by atoms with Crippen LogP contribution in [0.25, 0.3) is 0 Å². The second-order valence-electron chi connectivity index (χ2n) is 10.9. The summed E-state index contributed by atoms with van der Waals surface area (Å²) >= 11 is 0. The van der Waals surface area contributed by atoms with Crippen molar-refractivity contribution in [2.45, 2.75) is 91.6 Å². The molecule has 1 aromatic rings. The number of esters is 2. The fourth-order valence-corrected chi connectivity index (χ4v) is 3.92. The number of hydrogen-bond acceptors (Lipinski definition) is 12. The molecular weight excluding hydrogens is 624 g/mol. The highest BCUT2D eigenvalue weighted by molar-refractivity contribution is 6.03. The molecule has 2 unspecified atom stereocenters. The highest BCUT2D eigenvalue weighted by atomic mass is 16.7. The Balaban J connectivity index is 2.30. The Morgan fingerprint density at radius 2 is 0.812 bits per heavy atom. The van der Waals surface area contributed by atoms with Crippen LogP contribution >= 0.6 is 0 Å². The Morgan fingerprint density at radius 3 is 1.21 bits per heavy atom. The standard InChI is InChI=1S/C36H62O12/c1-5-9-17-41-29-33(43-19-11-7-3)45-25-21-39-23-27-47-35(37)31-15-13-14-16-32(31)36(38)48-28-24-40-22-26-46-34(44-20-12-8-4)30-42-18-10-6-2/h13-16,33-34H,5-12,17-30H2,1-4H3. The molecule has 1 aromatic carbocycles. The number of ether oxygens (including phenoxy) is 10. The molecule has 0 fully saturated rings. The van der Waals surface area contributed by atoms with Gasteiger partial charge in [-0.25, -0.2) is 9.59 Å². The maximum atomic E-state index is 12.7. The van der Waals surface area contributed by atoms with Crippen LogP contribution in [0.4, 0.5) is 0 Å². The number of rotatable bonds is 34. The Morgan fingerprint density at radius 1 is 0.458 bits per heavy atom. The molecule has 0 bridgehead atoms. The molecule has 12 nitrogen and oxygen atoms in total. The van der Waals surface area contributed by atoms with Gasteiger partial charge in [-0.15, -0.1) is 0 Å². The minimum atomic E-state index is -0.640. The number of hydrogen-bond donors (Lipinski definition) is 0. The van der Waals surface area contributed by atoms with Crippen molar-refractivity contribution in [3.8, 4) is 0 Å². The van der Waals surface area contributed by atoms with Crippen molar-refractivity contribution in [3.05, 3.63) is 35.4 Å². The van der Waals surface area contributed by atoms with E-state index in [2.05, 4.69) is 27.7 Å². The highest BCUT2D eigenvalue weighted by Gasteiger charge is 2.19. The third-order valence-corrected chi connectivity index (χ3v) is 6.75. The van der Waals surface area contributed by atoms with Gasteiger partial charge in [0.05, 0.1) is 64.0 Å². The van der Waals surface area contributed by atoms with Crippen molar-refractivity contribution in [3.63, 3.8) is 0 Å². The van der Waals surface area contributed by atoms with E-state index in [1.807, 2.05) is 0 Å². The van der Waals surface area contributed by atoms with Gasteiger partial charge in [0.2, 0.25) is 0 Å². The number of carbonyl (C=O) groups excluding carboxylic acids is 2. The fourth-order valence-electron chi connectivity index (χ4n) is 3.92. The van der Waals surface area contributed by atoms with Crippen LogP contribution in [-0.4, -0.2) is 117 Å². The van der Waals surface area contributed by atoms with Crippen molar-refractivity contribution in [2.75, 3.05) is 92.5 Å². The summed E-state index contributed by atoms with van der Waals surface area (Å²) < 4.78 is 56.0. The molecule has 48 heavy (non-hydrogen) atoms. The quantitative estimate of drug-likeness (QED) is 0.0481. The van der Waals surface area contributed by atoms with Crippen molar-refractivity contribution in [2.24, 2.45) is 0 Å². The highest BCUT2D eigenvalue weighted by Crippen LogP contribution is 2.12. The molecule has 12 heteroatoms. The van der Waals surface area contributed by atoms with Crippen molar-refractivity contribution < 1.29 is 57.0 Å². The molecular formula is C36H62O12. The smallest absolute Gasteiger partial charge is 0.339 e. The molecule has 0 N–H and O–H groups in total. The Bertz CT molecular complexity index is 828. The average Bonchev–Trinajstić information content (AvgIpc) is 3.10. The van der Waals surface area contributed by atoms with Gasteiger partial charge < -0.3 is 47.4 Å². The topological polar surface area (TPSA) is 126 Å². The van der Waals surface area contributed by atoms with Gasteiger partial charge >= 0.3 is 11.9 Å². The van der Waals surface area contributed by atoms with E-state index in [0.717, 1.165) is 51.4 Å². The summed E-state index contributed by atoms with van der Waals surface area (Å²) in [6.07, 6.45) is 7.21. The predicted octanol–water partition coefficient (Wildman–Crippen LogP) is 5.99. The summed E-state index contributed by atoms with van der Waals surface area (Å²) in [6.45, 7) is 13.4. The van der Waals surface area contributed by atoms with Crippen LogP contribution in [0.5, 0.6) is 0 Å². The molecule has 0 aliphatic heterocycles. The molecule has 1 rings (SSSR count). The molecule has 0 aliphatic rings. The molecule has 0 heterocycles. The van der Waals surface area contributed by atoms with E-state index >= 15 is 0 Å². The first kappa shape index (κ1) is 43.9. The monoisotopic (exact) mass is 686 g/mol. The lowest BCUT2D eigenvalue weighted by Crippen LogP contribution is -2.26. The lowest BCUT2D eigenvalue weighted by Gasteiger charge is -2.19. The first-order valence-electron chi connectivity index (χ1n) is 17.8. The zero-order chi connectivity index (χ0) is 34.9. The second-order valence-corrected chi connectivity index (χ2v) is 10.9. The van der Waals surface area contributed by atoms with Gasteiger partial charge in [-0.05, 0) is 37.8 Å². The summed E-state index contributed by atoms with van der Waals surface area (Å²) in [5, 5.41) is 0. The van der Waals surface area contributed by atoms with E-state index in [0.29, 0.717) is 66.1 Å². The van der Waals surface area contributed by atoms with Crippen LogP contribution < -0.4 is 0 Å². The van der Waals surface area contributed by atoms with Crippen LogP contribution in [0.2, 0.25) is 0 Å². The van der Waals surface area contributed by atoms with Gasteiger partial charge in [0.25, 0.3) is 0 Å². The summed E-state index contributed by atoms with van der Waals surface area (Å²) in [4.78, 5) is 25.4. The molecule has 0 saturated heterocycles. The van der Waals surface area contributed by atoms with Gasteiger partial charge in [0, 0.05) is 26.4 Å². The predicted molar refractivity (Wildman–Crippen MR) is 181 cm³/mol. The third-order valence-electron chi connectivity index (χ3n) is 6.75. The molecule has 2 atom stereocenters. The third kappa shape index (κ3) is 23.2. The molecule has 0 spiro atoms. The Hall–Kier alpha value is -2.16. The van der Waals surface area contributed by atoms with Gasteiger partial charge in [-0.1, -0.05) is 65.5 Å². The first-order chi connectivity index (χ1) is 23.6. The normalized spacial score (nSPS) is 12.6. The van der Waals surface area contributed by atoms with Crippen LogP contribution in [0.1, 0.15) is 99.8 Å². The minimum Gasteiger partial charge on any atom is -0.460 e. The largest absolute Gasteiger partial charge is 0.460 e. The van der Waals surface area contributed by atoms with Crippen LogP contribution in [0.15, 0.2) is 24.3 Å². The maximum absolute atomic E-state index is 12.7. The van der Waals surface area contributed by atoms with Crippen LogP contribution in [0, 0.1) is 0 Å². The van der Waals surface area contributed by atoms with E-state index in [9.17, 15) is 9.59 Å². The molecule has 0 aliphatic carbocycles. The van der Waals surface area contributed by atoms with Gasteiger partial charge in [-0.3, -0.25) is 0 Å². The van der Waals surface area contributed by atoms with Gasteiger partial charge in [-0.2, -0.15) is 0 Å². The number of carbonyl (C=O) groups is 2. The van der Waals surface area contributed by atoms with E-state index in [1.54, 1.807) is 12.1 Å². The summed E-state index contributed by atoms with van der Waals surface area (Å²) in [5.41, 5.74) is 0.233. The van der Waals surface area contributed by atoms with Crippen molar-refractivity contribution in [1.82, 2.24) is 0 Å². The lowest BCUT2D eigenvalue weighted by molar-refractivity contribution is -0.179. The van der Waals surface area contributed by atoms with Crippen molar-refractivity contribution in [1.29, 1.82) is 0 Å². The molecule has 278 valence electrons. The maximum Gasteiger partial charge on any atom is 0.339 e. The van der Waals surface area contributed by atoms with Crippen LogP contribution in [0.3, 0.4) is 0 Å². The average molecular weight is 687 g/mol. The number of benzene rings is 1. The molecule has 0 amide bonds.